The SMILES string of the molecule is CC(C)c1c(C(=O)Nc2ccc([O-])cc2)c(-c2ccccc2)c(-c2ccc(F)cc2)n1CC[C@@H](O)C[C@@H](O)CC(=O)[O-].[Na+].[Na+]. The molecule has 0 aliphatic heterocycles. The maximum atomic E-state index is 14.0. The molecule has 1 amide bonds. The van der Waals surface area contributed by atoms with E-state index in [1.807, 2.05) is 48.7 Å². The van der Waals surface area contributed by atoms with E-state index in [-0.39, 0.29) is 90.2 Å². The van der Waals surface area contributed by atoms with Crippen LogP contribution in [0.2, 0.25) is 0 Å². The van der Waals surface area contributed by atoms with Crippen LogP contribution in [-0.4, -0.2) is 38.9 Å². The molecule has 1 aromatic heterocycles. The zero-order valence-corrected chi connectivity index (χ0v) is 29.4. The first-order valence-corrected chi connectivity index (χ1v) is 13.8. The Morgan fingerprint density at radius 1 is 0.886 bits per heavy atom. The fourth-order valence-corrected chi connectivity index (χ4v) is 5.21. The molecule has 0 spiro atoms. The quantitative estimate of drug-likeness (QED) is 0.158. The van der Waals surface area contributed by atoms with Gasteiger partial charge >= 0.3 is 59.1 Å². The van der Waals surface area contributed by atoms with E-state index in [1.165, 1.54) is 36.4 Å². The summed E-state index contributed by atoms with van der Waals surface area (Å²) in [6.07, 6.45) is -2.91. The van der Waals surface area contributed by atoms with E-state index in [4.69, 9.17) is 0 Å². The van der Waals surface area contributed by atoms with Crippen LogP contribution in [0.5, 0.6) is 5.75 Å². The van der Waals surface area contributed by atoms with E-state index >= 15 is 0 Å². The summed E-state index contributed by atoms with van der Waals surface area (Å²) >= 11 is 0. The van der Waals surface area contributed by atoms with Crippen molar-refractivity contribution in [3.63, 3.8) is 0 Å². The van der Waals surface area contributed by atoms with Gasteiger partial charge < -0.3 is 35.1 Å². The van der Waals surface area contributed by atoms with Gasteiger partial charge in [-0.1, -0.05) is 56.3 Å². The molecule has 0 saturated heterocycles. The molecule has 3 N–H and O–H groups in total. The monoisotopic (exact) mass is 618 g/mol. The molecule has 4 rings (SSSR count). The van der Waals surface area contributed by atoms with Crippen LogP contribution in [0, 0.1) is 5.82 Å². The van der Waals surface area contributed by atoms with Crippen molar-refractivity contribution in [1.29, 1.82) is 0 Å². The minimum Gasteiger partial charge on any atom is -0.872 e. The first kappa shape index (κ1) is 37.7. The molecular formula is C33H33FN2Na2O6. The Morgan fingerprint density at radius 2 is 1.50 bits per heavy atom. The van der Waals surface area contributed by atoms with Gasteiger partial charge in [-0.15, -0.1) is 5.75 Å². The Bertz CT molecular complexity index is 1530. The fraction of sp³-hybridized carbons (Fsp3) is 0.273. The summed E-state index contributed by atoms with van der Waals surface area (Å²) in [5.41, 5.74) is 4.19. The maximum absolute atomic E-state index is 14.0. The zero-order valence-electron chi connectivity index (χ0n) is 25.4. The molecule has 0 bridgehead atoms. The number of anilines is 1. The summed E-state index contributed by atoms with van der Waals surface area (Å²) in [4.78, 5) is 24.9. The third-order valence-electron chi connectivity index (χ3n) is 7.00. The van der Waals surface area contributed by atoms with Crippen molar-refractivity contribution in [2.24, 2.45) is 0 Å². The number of carbonyl (C=O) groups is 2. The topological polar surface area (TPSA) is 138 Å². The first-order chi connectivity index (χ1) is 20.0. The van der Waals surface area contributed by atoms with E-state index in [2.05, 4.69) is 5.32 Å². The van der Waals surface area contributed by atoms with Gasteiger partial charge in [0.2, 0.25) is 0 Å². The van der Waals surface area contributed by atoms with E-state index in [9.17, 15) is 34.4 Å². The van der Waals surface area contributed by atoms with Crippen LogP contribution in [0.3, 0.4) is 0 Å². The molecule has 1 heterocycles. The molecule has 11 heteroatoms. The molecule has 0 aliphatic carbocycles. The van der Waals surface area contributed by atoms with Gasteiger partial charge in [0, 0.05) is 35.9 Å². The number of aliphatic carboxylic acids is 1. The number of aliphatic hydroxyl groups excluding tert-OH is 2. The smallest absolute Gasteiger partial charge is 0.872 e. The Kier molecular flexibility index (Phi) is 14.8. The van der Waals surface area contributed by atoms with Gasteiger partial charge in [-0.05, 0) is 66.3 Å². The summed E-state index contributed by atoms with van der Waals surface area (Å²) in [6.45, 7) is 4.10. The number of nitrogens with one attached hydrogen (secondary N) is 1. The molecule has 0 radical (unpaired) electrons. The second-order valence-corrected chi connectivity index (χ2v) is 10.5. The van der Waals surface area contributed by atoms with Crippen molar-refractivity contribution in [1.82, 2.24) is 4.57 Å². The van der Waals surface area contributed by atoms with Crippen molar-refractivity contribution >= 4 is 17.6 Å². The van der Waals surface area contributed by atoms with Crippen LogP contribution in [0.1, 0.15) is 55.1 Å². The molecule has 220 valence electrons. The number of nitrogens with zero attached hydrogens (tertiary/aromatic N) is 1. The van der Waals surface area contributed by atoms with Crippen molar-refractivity contribution in [2.75, 3.05) is 5.32 Å². The van der Waals surface area contributed by atoms with E-state index in [0.29, 0.717) is 33.8 Å². The van der Waals surface area contributed by atoms with Crippen LogP contribution in [0.15, 0.2) is 78.9 Å². The van der Waals surface area contributed by atoms with Crippen LogP contribution in [0.25, 0.3) is 22.4 Å². The predicted octanol–water partition coefficient (Wildman–Crippen LogP) is -1.94. The van der Waals surface area contributed by atoms with E-state index < -0.39 is 36.3 Å². The van der Waals surface area contributed by atoms with Crippen LogP contribution < -0.4 is 74.6 Å². The van der Waals surface area contributed by atoms with Crippen LogP contribution in [0.4, 0.5) is 10.1 Å². The molecule has 44 heavy (non-hydrogen) atoms. The van der Waals surface area contributed by atoms with Gasteiger partial charge in [0.25, 0.3) is 5.91 Å². The predicted molar refractivity (Wildman–Crippen MR) is 154 cm³/mol. The number of amides is 1. The third-order valence-corrected chi connectivity index (χ3v) is 7.00. The number of carboxylic acids is 1. The number of rotatable bonds is 12. The minimum atomic E-state index is -1.41. The molecule has 0 fully saturated rings. The molecule has 0 aliphatic rings. The molecule has 2 atom stereocenters. The second-order valence-electron chi connectivity index (χ2n) is 10.5. The molecule has 8 nitrogen and oxygen atoms in total. The Hall–Kier alpha value is -2.47. The number of aromatic nitrogens is 1. The molecule has 0 unspecified atom stereocenters. The first-order valence-electron chi connectivity index (χ1n) is 13.8. The van der Waals surface area contributed by atoms with Crippen LogP contribution >= 0.6 is 0 Å². The zero-order chi connectivity index (χ0) is 30.4. The van der Waals surface area contributed by atoms with Gasteiger partial charge in [0.05, 0.1) is 23.5 Å². The number of carbonyl (C=O) groups excluding carboxylic acids is 2. The Labute approximate surface area is 300 Å². The minimum absolute atomic E-state index is 0. The van der Waals surface area contributed by atoms with Crippen molar-refractivity contribution in [3.05, 3.63) is 95.9 Å². The summed E-state index contributed by atoms with van der Waals surface area (Å²) < 4.78 is 15.9. The average molecular weight is 619 g/mol. The molecule has 4 aromatic rings. The number of aliphatic hydroxyl groups is 2. The van der Waals surface area contributed by atoms with E-state index in [1.54, 1.807) is 12.1 Å². The summed E-state index contributed by atoms with van der Waals surface area (Å²) in [5, 5.41) is 46.1. The third kappa shape index (κ3) is 9.52. The Balaban J connectivity index is 0.00000337. The number of hydrogen-bond donors (Lipinski definition) is 3. The molecule has 0 saturated carbocycles. The van der Waals surface area contributed by atoms with E-state index in [0.717, 1.165) is 5.56 Å². The Morgan fingerprint density at radius 3 is 2.07 bits per heavy atom. The average Bonchev–Trinajstić information content (AvgIpc) is 3.29. The molecule has 3 aromatic carbocycles. The number of benzene rings is 3. The normalized spacial score (nSPS) is 12.1. The van der Waals surface area contributed by atoms with Gasteiger partial charge in [-0.3, -0.25) is 4.79 Å². The largest absolute Gasteiger partial charge is 1.00 e. The van der Waals surface area contributed by atoms with Gasteiger partial charge in [-0.25, -0.2) is 4.39 Å². The number of halogens is 1. The van der Waals surface area contributed by atoms with Crippen molar-refractivity contribution < 1.29 is 93.5 Å². The summed E-state index contributed by atoms with van der Waals surface area (Å²) in [7, 11) is 0. The maximum Gasteiger partial charge on any atom is 1.00 e. The summed E-state index contributed by atoms with van der Waals surface area (Å²) in [6, 6.07) is 21.1. The summed E-state index contributed by atoms with van der Waals surface area (Å²) in [5.74, 6) is -2.59. The number of carboxylic acid groups (broad SMARTS) is 1. The standard InChI is InChI=1S/C33H35FN2O6.2Na/c1-20(2)31-30(33(42)35-24-12-14-25(37)15-13-24)29(21-6-4-3-5-7-21)32(22-8-10-23(34)11-9-22)36(31)17-16-26(38)18-27(39)19-28(40)41;;/h3-15,20,26-27,37-39H,16-19H2,1-2H3,(H,35,42)(H,40,41);;/q;2*+1/p-2/t26-,27-;;/m1../s1. The van der Waals surface area contributed by atoms with Crippen molar-refractivity contribution in [3.8, 4) is 28.1 Å². The fourth-order valence-electron chi connectivity index (χ4n) is 5.21. The van der Waals surface area contributed by atoms with Crippen LogP contribution in [-0.2, 0) is 11.3 Å². The van der Waals surface area contributed by atoms with Gasteiger partial charge in [0.1, 0.15) is 5.82 Å². The molecular weight excluding hydrogens is 585 g/mol. The van der Waals surface area contributed by atoms with Gasteiger partial charge in [-0.2, -0.15) is 0 Å². The van der Waals surface area contributed by atoms with Crippen molar-refractivity contribution in [2.45, 2.75) is 57.8 Å². The number of hydrogen-bond acceptors (Lipinski definition) is 6. The second kappa shape index (κ2) is 17.3. The van der Waals surface area contributed by atoms with Gasteiger partial charge in [0.15, 0.2) is 0 Å².